The van der Waals surface area contributed by atoms with Crippen molar-refractivity contribution in [3.8, 4) is 11.4 Å². The number of rotatable bonds is 6. The number of hydrogen-bond donors (Lipinski definition) is 1. The van der Waals surface area contributed by atoms with Crippen LogP contribution in [0.1, 0.15) is 13.8 Å². The molecule has 0 unspecified atom stereocenters. The molecule has 0 bridgehead atoms. The number of aromatic nitrogens is 3. The minimum atomic E-state index is -3.77. The molecule has 118 valence electrons. The van der Waals surface area contributed by atoms with Gasteiger partial charge in [-0.25, -0.2) is 8.42 Å². The molecule has 0 atom stereocenters. The number of allylic oxidation sites excluding steroid dienone is 1. The molecule has 22 heavy (non-hydrogen) atoms. The number of sulfone groups is 1. The Kier molecular flexibility index (Phi) is 4.48. The van der Waals surface area contributed by atoms with Crippen LogP contribution < -0.4 is 0 Å². The van der Waals surface area contributed by atoms with Crippen LogP contribution in [0.2, 0.25) is 0 Å². The van der Waals surface area contributed by atoms with Crippen LogP contribution in [0.15, 0.2) is 48.1 Å². The predicted molar refractivity (Wildman–Crippen MR) is 84.0 cm³/mol. The second-order valence-electron chi connectivity index (χ2n) is 5.64. The standard InChI is InChI=1S/C15H19N3O3S/c1-4-10-18-13(12-8-6-5-7-9-12)16-17-14(18)22(20,21)11-15(2,3)19/h4-9,19H,1,10-11H2,2-3H3. The van der Waals surface area contributed by atoms with Crippen molar-refractivity contribution in [1.29, 1.82) is 0 Å². The van der Waals surface area contributed by atoms with Crippen molar-refractivity contribution < 1.29 is 13.5 Å². The molecule has 0 aliphatic rings. The zero-order valence-electron chi connectivity index (χ0n) is 12.6. The quantitative estimate of drug-likeness (QED) is 0.818. The molecule has 0 spiro atoms. The van der Waals surface area contributed by atoms with Crippen LogP contribution in [0, 0.1) is 0 Å². The third-order valence-corrected chi connectivity index (χ3v) is 4.83. The summed E-state index contributed by atoms with van der Waals surface area (Å²) in [6.45, 7) is 6.79. The van der Waals surface area contributed by atoms with Crippen LogP contribution >= 0.6 is 0 Å². The van der Waals surface area contributed by atoms with Gasteiger partial charge in [0.1, 0.15) is 0 Å². The fraction of sp³-hybridized carbons (Fsp3) is 0.333. The molecule has 1 heterocycles. The first-order chi connectivity index (χ1) is 10.2. The highest BCUT2D eigenvalue weighted by Gasteiger charge is 2.30. The molecule has 0 radical (unpaired) electrons. The molecular weight excluding hydrogens is 302 g/mol. The van der Waals surface area contributed by atoms with E-state index in [2.05, 4.69) is 16.8 Å². The largest absolute Gasteiger partial charge is 0.389 e. The lowest BCUT2D eigenvalue weighted by atomic mass is 10.2. The summed E-state index contributed by atoms with van der Waals surface area (Å²) in [5.41, 5.74) is -0.585. The van der Waals surface area contributed by atoms with Crippen molar-refractivity contribution in [2.75, 3.05) is 5.75 Å². The normalized spacial score (nSPS) is 12.3. The number of nitrogens with zero attached hydrogens (tertiary/aromatic N) is 3. The fourth-order valence-electron chi connectivity index (χ4n) is 2.14. The summed E-state index contributed by atoms with van der Waals surface area (Å²) >= 11 is 0. The Bertz CT molecular complexity index is 759. The first-order valence-electron chi connectivity index (χ1n) is 6.79. The molecule has 0 aliphatic carbocycles. The summed E-state index contributed by atoms with van der Waals surface area (Å²) in [6.07, 6.45) is 1.58. The van der Waals surface area contributed by atoms with Crippen molar-refractivity contribution >= 4 is 9.84 Å². The zero-order valence-corrected chi connectivity index (χ0v) is 13.4. The van der Waals surface area contributed by atoms with Gasteiger partial charge >= 0.3 is 0 Å². The summed E-state index contributed by atoms with van der Waals surface area (Å²) in [5.74, 6) is 0.0270. The second-order valence-corrected chi connectivity index (χ2v) is 7.53. The fourth-order valence-corrected chi connectivity index (χ4v) is 3.86. The van der Waals surface area contributed by atoms with Crippen molar-refractivity contribution in [2.45, 2.75) is 31.1 Å². The van der Waals surface area contributed by atoms with Gasteiger partial charge in [0.15, 0.2) is 5.82 Å². The highest BCUT2D eigenvalue weighted by Crippen LogP contribution is 2.22. The van der Waals surface area contributed by atoms with Gasteiger partial charge in [-0.15, -0.1) is 16.8 Å². The van der Waals surface area contributed by atoms with Crippen LogP contribution in [0.5, 0.6) is 0 Å². The van der Waals surface area contributed by atoms with E-state index in [0.29, 0.717) is 5.82 Å². The van der Waals surface area contributed by atoms with E-state index >= 15 is 0 Å². The maximum absolute atomic E-state index is 12.5. The molecule has 6 nitrogen and oxygen atoms in total. The molecule has 0 amide bonds. The highest BCUT2D eigenvalue weighted by molar-refractivity contribution is 7.91. The summed E-state index contributed by atoms with van der Waals surface area (Å²) in [5, 5.41) is 17.5. The minimum absolute atomic E-state index is 0.159. The van der Waals surface area contributed by atoms with Crippen LogP contribution in [0.3, 0.4) is 0 Å². The summed E-state index contributed by atoms with van der Waals surface area (Å²) in [4.78, 5) is 0. The molecule has 2 aromatic rings. The van der Waals surface area contributed by atoms with Gasteiger partial charge in [0.25, 0.3) is 0 Å². The Balaban J connectivity index is 2.55. The topological polar surface area (TPSA) is 85.1 Å². The number of aliphatic hydroxyl groups is 1. The van der Waals surface area contributed by atoms with Gasteiger partial charge in [0, 0.05) is 12.1 Å². The third kappa shape index (κ3) is 3.61. The monoisotopic (exact) mass is 321 g/mol. The molecule has 0 fully saturated rings. The molecule has 7 heteroatoms. The summed E-state index contributed by atoms with van der Waals surface area (Å²) < 4.78 is 26.4. The maximum atomic E-state index is 12.5. The minimum Gasteiger partial charge on any atom is -0.389 e. The van der Waals surface area contributed by atoms with E-state index in [1.54, 1.807) is 6.08 Å². The lowest BCUT2D eigenvalue weighted by molar-refractivity contribution is 0.105. The predicted octanol–water partition coefficient (Wildman–Crippen LogP) is 1.68. The van der Waals surface area contributed by atoms with Crippen LogP contribution in [-0.4, -0.2) is 39.6 Å². The van der Waals surface area contributed by atoms with E-state index < -0.39 is 21.2 Å². The summed E-state index contributed by atoms with van der Waals surface area (Å²) in [6, 6.07) is 9.20. The average molecular weight is 321 g/mol. The van der Waals surface area contributed by atoms with E-state index in [9.17, 15) is 13.5 Å². The van der Waals surface area contributed by atoms with Gasteiger partial charge in [-0.2, -0.15) is 0 Å². The smallest absolute Gasteiger partial charge is 0.250 e. The van der Waals surface area contributed by atoms with Crippen LogP contribution in [0.25, 0.3) is 11.4 Å². The lowest BCUT2D eigenvalue weighted by Crippen LogP contribution is -2.31. The van der Waals surface area contributed by atoms with Gasteiger partial charge in [-0.3, -0.25) is 4.57 Å². The Morgan fingerprint density at radius 3 is 2.45 bits per heavy atom. The lowest BCUT2D eigenvalue weighted by Gasteiger charge is -2.17. The van der Waals surface area contributed by atoms with E-state index in [4.69, 9.17) is 0 Å². The number of hydrogen-bond acceptors (Lipinski definition) is 5. The summed E-state index contributed by atoms with van der Waals surface area (Å²) in [7, 11) is -3.77. The molecule has 2 rings (SSSR count). The Morgan fingerprint density at radius 1 is 1.27 bits per heavy atom. The molecule has 0 aliphatic heterocycles. The van der Waals surface area contributed by atoms with Crippen molar-refractivity contribution in [2.24, 2.45) is 0 Å². The van der Waals surface area contributed by atoms with Gasteiger partial charge in [-0.1, -0.05) is 36.4 Å². The van der Waals surface area contributed by atoms with Crippen molar-refractivity contribution in [3.05, 3.63) is 43.0 Å². The van der Waals surface area contributed by atoms with E-state index in [-0.39, 0.29) is 11.7 Å². The maximum Gasteiger partial charge on any atom is 0.250 e. The highest BCUT2D eigenvalue weighted by atomic mass is 32.2. The molecule has 1 aromatic heterocycles. The first kappa shape index (κ1) is 16.4. The van der Waals surface area contributed by atoms with Gasteiger partial charge in [0.05, 0.1) is 11.4 Å². The molecule has 0 saturated heterocycles. The van der Waals surface area contributed by atoms with Gasteiger partial charge in [0.2, 0.25) is 15.0 Å². The van der Waals surface area contributed by atoms with Crippen LogP contribution in [0.4, 0.5) is 0 Å². The Hall–Kier alpha value is -1.99. The Morgan fingerprint density at radius 2 is 1.91 bits per heavy atom. The molecule has 1 aromatic carbocycles. The third-order valence-electron chi connectivity index (χ3n) is 2.88. The average Bonchev–Trinajstić information content (AvgIpc) is 2.82. The Labute approximate surface area is 130 Å². The molecule has 1 N–H and O–H groups in total. The van der Waals surface area contributed by atoms with Gasteiger partial charge < -0.3 is 5.11 Å². The van der Waals surface area contributed by atoms with Crippen molar-refractivity contribution in [3.63, 3.8) is 0 Å². The van der Waals surface area contributed by atoms with E-state index in [1.807, 2.05) is 30.3 Å². The van der Waals surface area contributed by atoms with Crippen LogP contribution in [-0.2, 0) is 16.4 Å². The SMILES string of the molecule is C=CCn1c(-c2ccccc2)nnc1S(=O)(=O)CC(C)(C)O. The first-order valence-corrected chi connectivity index (χ1v) is 8.44. The second kappa shape index (κ2) is 6.02. The number of benzene rings is 1. The molecular formula is C15H19N3O3S. The van der Waals surface area contributed by atoms with E-state index in [0.717, 1.165) is 5.56 Å². The van der Waals surface area contributed by atoms with E-state index in [1.165, 1.54) is 18.4 Å². The molecule has 0 saturated carbocycles. The van der Waals surface area contributed by atoms with Gasteiger partial charge in [-0.05, 0) is 13.8 Å². The zero-order chi connectivity index (χ0) is 16.4. The van der Waals surface area contributed by atoms with Crippen molar-refractivity contribution in [1.82, 2.24) is 14.8 Å².